The number of hydrogen-bond donors (Lipinski definition) is 1. The van der Waals surface area contributed by atoms with Crippen molar-refractivity contribution in [1.29, 1.82) is 0 Å². The van der Waals surface area contributed by atoms with Crippen molar-refractivity contribution in [3.05, 3.63) is 77.6 Å². The molecule has 0 unspecified atom stereocenters. The SMILES string of the molecule is Cn1c(CNC(=O)C2(c3ccccc3)CCCC2)nnc1SCc1ccccc1. The molecule has 2 aromatic carbocycles. The number of amides is 1. The van der Waals surface area contributed by atoms with Gasteiger partial charge in [-0.05, 0) is 24.0 Å². The molecule has 1 N–H and O–H groups in total. The highest BCUT2D eigenvalue weighted by Gasteiger charge is 2.42. The second kappa shape index (κ2) is 8.82. The smallest absolute Gasteiger partial charge is 0.231 e. The maximum absolute atomic E-state index is 13.2. The third-order valence-electron chi connectivity index (χ3n) is 5.76. The molecule has 3 aromatic rings. The molecule has 1 saturated carbocycles. The molecule has 1 fully saturated rings. The van der Waals surface area contributed by atoms with E-state index in [1.165, 1.54) is 5.56 Å². The Labute approximate surface area is 175 Å². The molecule has 0 bridgehead atoms. The quantitative estimate of drug-likeness (QED) is 0.597. The van der Waals surface area contributed by atoms with Crippen molar-refractivity contribution in [3.63, 3.8) is 0 Å². The number of thioether (sulfide) groups is 1. The van der Waals surface area contributed by atoms with Gasteiger partial charge in [0.05, 0.1) is 12.0 Å². The third-order valence-corrected chi connectivity index (χ3v) is 6.85. The molecule has 5 nitrogen and oxygen atoms in total. The van der Waals surface area contributed by atoms with Crippen molar-refractivity contribution in [3.8, 4) is 0 Å². The minimum atomic E-state index is -0.412. The van der Waals surface area contributed by atoms with E-state index in [1.54, 1.807) is 11.8 Å². The first kappa shape index (κ1) is 19.7. The normalized spacial score (nSPS) is 15.3. The number of carbonyl (C=O) groups excluding carboxylic acids is 1. The van der Waals surface area contributed by atoms with Crippen molar-refractivity contribution in [2.45, 2.75) is 48.6 Å². The van der Waals surface area contributed by atoms with E-state index in [0.29, 0.717) is 6.54 Å². The lowest BCUT2D eigenvalue weighted by atomic mass is 9.78. The van der Waals surface area contributed by atoms with Crippen LogP contribution in [-0.2, 0) is 29.6 Å². The Morgan fingerprint density at radius 1 is 1.03 bits per heavy atom. The first-order chi connectivity index (χ1) is 14.2. The predicted octanol–water partition coefficient (Wildman–Crippen LogP) is 4.24. The summed E-state index contributed by atoms with van der Waals surface area (Å²) < 4.78 is 1.97. The summed E-state index contributed by atoms with van der Waals surface area (Å²) in [5, 5.41) is 12.6. The Kier molecular flexibility index (Phi) is 6.00. The van der Waals surface area contributed by atoms with Crippen molar-refractivity contribution < 1.29 is 4.79 Å². The summed E-state index contributed by atoms with van der Waals surface area (Å²) in [6.45, 7) is 0.392. The zero-order valence-electron chi connectivity index (χ0n) is 16.7. The van der Waals surface area contributed by atoms with Gasteiger partial charge in [-0.25, -0.2) is 0 Å². The number of carbonyl (C=O) groups is 1. The van der Waals surface area contributed by atoms with Crippen LogP contribution in [0.5, 0.6) is 0 Å². The number of aromatic nitrogens is 3. The van der Waals surface area contributed by atoms with Crippen LogP contribution in [0.2, 0.25) is 0 Å². The average Bonchev–Trinajstić information content (AvgIpc) is 3.40. The lowest BCUT2D eigenvalue weighted by Gasteiger charge is -2.28. The monoisotopic (exact) mass is 406 g/mol. The number of nitrogens with zero attached hydrogens (tertiary/aromatic N) is 3. The van der Waals surface area contributed by atoms with E-state index in [9.17, 15) is 4.79 Å². The fourth-order valence-corrected chi connectivity index (χ4v) is 4.94. The minimum absolute atomic E-state index is 0.0997. The molecular formula is C23H26N4OS. The molecule has 4 rings (SSSR count). The highest BCUT2D eigenvalue weighted by molar-refractivity contribution is 7.98. The van der Waals surface area contributed by atoms with Crippen LogP contribution in [0.4, 0.5) is 0 Å². The molecule has 1 aliphatic carbocycles. The second-order valence-electron chi connectivity index (χ2n) is 7.57. The fraction of sp³-hybridized carbons (Fsp3) is 0.348. The topological polar surface area (TPSA) is 59.8 Å². The molecule has 150 valence electrons. The van der Waals surface area contributed by atoms with Crippen LogP contribution < -0.4 is 5.32 Å². The number of hydrogen-bond acceptors (Lipinski definition) is 4. The number of nitrogens with one attached hydrogen (secondary N) is 1. The molecule has 0 radical (unpaired) electrons. The van der Waals surface area contributed by atoms with Crippen molar-refractivity contribution in [2.75, 3.05) is 0 Å². The summed E-state index contributed by atoms with van der Waals surface area (Å²) in [7, 11) is 1.96. The van der Waals surface area contributed by atoms with E-state index >= 15 is 0 Å². The van der Waals surface area contributed by atoms with Crippen LogP contribution >= 0.6 is 11.8 Å². The molecule has 29 heavy (non-hydrogen) atoms. The minimum Gasteiger partial charge on any atom is -0.348 e. The summed E-state index contributed by atoms with van der Waals surface area (Å²) in [4.78, 5) is 13.2. The van der Waals surface area contributed by atoms with Gasteiger partial charge in [-0.3, -0.25) is 4.79 Å². The molecule has 0 saturated heterocycles. The third kappa shape index (κ3) is 4.22. The van der Waals surface area contributed by atoms with Crippen LogP contribution in [0.3, 0.4) is 0 Å². The van der Waals surface area contributed by atoms with Crippen molar-refractivity contribution in [2.24, 2.45) is 7.05 Å². The molecule has 1 aliphatic rings. The maximum Gasteiger partial charge on any atom is 0.231 e. The van der Waals surface area contributed by atoms with E-state index in [2.05, 4.69) is 39.8 Å². The summed E-state index contributed by atoms with van der Waals surface area (Å²) in [5.41, 5.74) is 1.96. The fourth-order valence-electron chi connectivity index (χ4n) is 4.06. The van der Waals surface area contributed by atoms with Gasteiger partial charge in [0, 0.05) is 12.8 Å². The molecule has 6 heteroatoms. The number of benzene rings is 2. The van der Waals surface area contributed by atoms with Gasteiger partial charge < -0.3 is 9.88 Å². The Bertz CT molecular complexity index is 950. The van der Waals surface area contributed by atoms with Crippen LogP contribution in [0.15, 0.2) is 65.8 Å². The number of rotatable bonds is 7. The van der Waals surface area contributed by atoms with Crippen LogP contribution in [-0.4, -0.2) is 20.7 Å². The van der Waals surface area contributed by atoms with Gasteiger partial charge in [-0.15, -0.1) is 10.2 Å². The van der Waals surface area contributed by atoms with E-state index in [0.717, 1.165) is 48.0 Å². The van der Waals surface area contributed by atoms with Crippen LogP contribution in [0, 0.1) is 0 Å². The summed E-state index contributed by atoms with van der Waals surface area (Å²) in [6, 6.07) is 20.5. The predicted molar refractivity (Wildman–Crippen MR) is 115 cm³/mol. The van der Waals surface area contributed by atoms with Crippen LogP contribution in [0.25, 0.3) is 0 Å². The Morgan fingerprint density at radius 2 is 1.69 bits per heavy atom. The molecule has 1 heterocycles. The highest BCUT2D eigenvalue weighted by atomic mass is 32.2. The molecule has 0 spiro atoms. The van der Waals surface area contributed by atoms with Gasteiger partial charge in [-0.2, -0.15) is 0 Å². The van der Waals surface area contributed by atoms with Gasteiger partial charge in [0.25, 0.3) is 0 Å². The molecular weight excluding hydrogens is 380 g/mol. The Balaban J connectivity index is 1.41. The van der Waals surface area contributed by atoms with Gasteiger partial charge in [0.2, 0.25) is 5.91 Å². The summed E-state index contributed by atoms with van der Waals surface area (Å²) in [6.07, 6.45) is 3.98. The van der Waals surface area contributed by atoms with Gasteiger partial charge in [0.1, 0.15) is 0 Å². The zero-order chi connectivity index (χ0) is 20.1. The first-order valence-corrected chi connectivity index (χ1v) is 11.1. The van der Waals surface area contributed by atoms with E-state index in [4.69, 9.17) is 0 Å². The summed E-state index contributed by atoms with van der Waals surface area (Å²) in [5.74, 6) is 1.72. The Morgan fingerprint density at radius 3 is 2.38 bits per heavy atom. The van der Waals surface area contributed by atoms with Gasteiger partial charge in [0.15, 0.2) is 11.0 Å². The van der Waals surface area contributed by atoms with Crippen molar-refractivity contribution >= 4 is 17.7 Å². The lowest BCUT2D eigenvalue weighted by Crippen LogP contribution is -2.42. The lowest BCUT2D eigenvalue weighted by molar-refractivity contribution is -0.126. The summed E-state index contributed by atoms with van der Waals surface area (Å²) >= 11 is 1.65. The maximum atomic E-state index is 13.2. The average molecular weight is 407 g/mol. The van der Waals surface area contributed by atoms with Crippen LogP contribution in [0.1, 0.15) is 42.6 Å². The molecule has 1 amide bonds. The second-order valence-corrected chi connectivity index (χ2v) is 8.51. The highest BCUT2D eigenvalue weighted by Crippen LogP contribution is 2.41. The standard InChI is InChI=1S/C23H26N4OS/c1-27-20(25-26-22(27)29-17-18-10-4-2-5-11-18)16-24-21(28)23(14-8-9-15-23)19-12-6-3-7-13-19/h2-7,10-13H,8-9,14-17H2,1H3,(H,24,28). The van der Waals surface area contributed by atoms with Gasteiger partial charge >= 0.3 is 0 Å². The largest absolute Gasteiger partial charge is 0.348 e. The molecule has 0 atom stereocenters. The van der Waals surface area contributed by atoms with Gasteiger partial charge in [-0.1, -0.05) is 85.3 Å². The first-order valence-electron chi connectivity index (χ1n) is 10.1. The van der Waals surface area contributed by atoms with E-state index in [-0.39, 0.29) is 5.91 Å². The van der Waals surface area contributed by atoms with E-state index < -0.39 is 5.41 Å². The molecule has 1 aromatic heterocycles. The van der Waals surface area contributed by atoms with E-state index in [1.807, 2.05) is 48.0 Å². The Hall–Kier alpha value is -2.60. The zero-order valence-corrected chi connectivity index (χ0v) is 17.5. The molecule has 0 aliphatic heterocycles. The van der Waals surface area contributed by atoms with Crippen molar-refractivity contribution in [1.82, 2.24) is 20.1 Å².